The van der Waals surface area contributed by atoms with Crippen LogP contribution >= 0.6 is 0 Å². The zero-order chi connectivity index (χ0) is 6.97. The number of aromatic nitrogens is 2. The maximum Gasteiger partial charge on any atom is 0.232 e. The van der Waals surface area contributed by atoms with Crippen molar-refractivity contribution in [3.05, 3.63) is 24.4 Å². The Hall–Kier alpha value is -1.51. The zero-order valence-corrected chi connectivity index (χ0v) is 5.24. The second-order valence-corrected chi connectivity index (χ2v) is 2.15. The van der Waals surface area contributed by atoms with Crippen molar-refractivity contribution >= 4 is 6.41 Å². The molecule has 0 amide bonds. The molecule has 0 bridgehead atoms. The van der Waals surface area contributed by atoms with Crippen LogP contribution in [0.1, 0.15) is 0 Å². The molecule has 0 fully saturated rings. The van der Waals surface area contributed by atoms with E-state index in [1.807, 2.05) is 18.2 Å². The molecule has 0 radical (unpaired) electrons. The van der Waals surface area contributed by atoms with E-state index in [0.29, 0.717) is 0 Å². The van der Waals surface area contributed by atoms with Crippen LogP contribution in [0.15, 0.2) is 24.4 Å². The Kier molecular flexibility index (Phi) is 0.917. The molecule has 2 aliphatic rings. The van der Waals surface area contributed by atoms with E-state index in [4.69, 9.17) is 0 Å². The van der Waals surface area contributed by atoms with Crippen LogP contribution in [0.4, 0.5) is 0 Å². The van der Waals surface area contributed by atoms with Crippen molar-refractivity contribution in [2.45, 2.75) is 0 Å². The standard InChI is InChI=1S/C7H6N2O/c10-5-9-4-6-2-1-3-7(6)8-9/h1-5,8H. The molecule has 3 nitrogen and oxygen atoms in total. The van der Waals surface area contributed by atoms with Gasteiger partial charge in [-0.3, -0.25) is 9.89 Å². The molecule has 1 N–H and O–H groups in total. The number of carbonyl (C=O) groups excluding carboxylic acids is 1. The van der Waals surface area contributed by atoms with E-state index in [1.165, 1.54) is 4.68 Å². The lowest BCUT2D eigenvalue weighted by Gasteiger charge is -1.82. The Morgan fingerprint density at radius 3 is 3.10 bits per heavy atom. The Labute approximate surface area is 57.6 Å². The molecule has 0 aromatic carbocycles. The normalized spacial score (nSPS) is 10.4. The van der Waals surface area contributed by atoms with Gasteiger partial charge < -0.3 is 0 Å². The number of hydrogen-bond acceptors (Lipinski definition) is 1. The van der Waals surface area contributed by atoms with Gasteiger partial charge in [0, 0.05) is 11.8 Å². The van der Waals surface area contributed by atoms with Gasteiger partial charge in [0.15, 0.2) is 0 Å². The maximum atomic E-state index is 10.2. The summed E-state index contributed by atoms with van der Waals surface area (Å²) in [6.45, 7) is 0. The number of carbonyl (C=O) groups is 1. The molecule has 1 aliphatic heterocycles. The number of hydrogen-bond donors (Lipinski definition) is 1. The van der Waals surface area contributed by atoms with Gasteiger partial charge in [-0.05, 0) is 6.07 Å². The molecule has 0 unspecified atom stereocenters. The van der Waals surface area contributed by atoms with Gasteiger partial charge in [-0.25, -0.2) is 4.68 Å². The number of nitrogens with zero attached hydrogens (tertiary/aromatic N) is 1. The average Bonchev–Trinajstić information content (AvgIpc) is 2.42. The predicted molar refractivity (Wildman–Crippen MR) is 37.6 cm³/mol. The fourth-order valence-electron chi connectivity index (χ4n) is 1.03. The minimum Gasteiger partial charge on any atom is -0.291 e. The molecule has 1 heterocycles. The fraction of sp³-hybridized carbons (Fsp3) is 0. The molecule has 50 valence electrons. The molecule has 10 heavy (non-hydrogen) atoms. The van der Waals surface area contributed by atoms with Gasteiger partial charge in [-0.2, -0.15) is 0 Å². The summed E-state index contributed by atoms with van der Waals surface area (Å²) in [7, 11) is 0. The van der Waals surface area contributed by atoms with Crippen LogP contribution in [0.2, 0.25) is 0 Å². The van der Waals surface area contributed by atoms with Crippen LogP contribution in [0.5, 0.6) is 0 Å². The van der Waals surface area contributed by atoms with Crippen LogP contribution < -0.4 is 0 Å². The van der Waals surface area contributed by atoms with Crippen molar-refractivity contribution in [1.29, 1.82) is 0 Å². The van der Waals surface area contributed by atoms with Crippen molar-refractivity contribution in [3.63, 3.8) is 0 Å². The second-order valence-electron chi connectivity index (χ2n) is 2.15. The zero-order valence-electron chi connectivity index (χ0n) is 5.24. The molecule has 0 saturated heterocycles. The van der Waals surface area contributed by atoms with Gasteiger partial charge in [0.1, 0.15) is 0 Å². The first-order valence-corrected chi connectivity index (χ1v) is 3.01. The highest BCUT2D eigenvalue weighted by Gasteiger charge is 2.02. The van der Waals surface area contributed by atoms with Crippen LogP contribution in [0.25, 0.3) is 11.3 Å². The Morgan fingerprint density at radius 2 is 2.40 bits per heavy atom. The summed E-state index contributed by atoms with van der Waals surface area (Å²) in [6.07, 6.45) is 2.49. The molecule has 0 saturated carbocycles. The Morgan fingerprint density at radius 1 is 1.50 bits per heavy atom. The summed E-state index contributed by atoms with van der Waals surface area (Å²) in [5.41, 5.74) is 2.05. The largest absolute Gasteiger partial charge is 0.291 e. The summed E-state index contributed by atoms with van der Waals surface area (Å²) in [5.74, 6) is 0. The van der Waals surface area contributed by atoms with Gasteiger partial charge in [0.05, 0.1) is 5.69 Å². The SMILES string of the molecule is O=Cn1cc2cccc-2[nH]1. The summed E-state index contributed by atoms with van der Waals surface area (Å²) >= 11 is 0. The Balaban J connectivity index is 2.67. The highest BCUT2D eigenvalue weighted by atomic mass is 16.1. The first-order valence-electron chi connectivity index (χ1n) is 3.01. The number of H-pyrrole nitrogens is 1. The number of nitrogens with one attached hydrogen (secondary N) is 1. The van der Waals surface area contributed by atoms with E-state index in [-0.39, 0.29) is 0 Å². The minimum absolute atomic E-state index is 0.736. The van der Waals surface area contributed by atoms with Crippen LogP contribution in [-0.2, 0) is 4.79 Å². The third-order valence-corrected chi connectivity index (χ3v) is 1.49. The summed E-state index contributed by atoms with van der Waals surface area (Å²) in [5, 5.41) is 2.87. The van der Waals surface area contributed by atoms with Crippen molar-refractivity contribution in [2.75, 3.05) is 0 Å². The first-order chi connectivity index (χ1) is 4.90. The maximum absolute atomic E-state index is 10.2. The van der Waals surface area contributed by atoms with E-state index in [9.17, 15) is 4.79 Å². The lowest BCUT2D eigenvalue weighted by molar-refractivity contribution is 0.541. The van der Waals surface area contributed by atoms with Crippen molar-refractivity contribution < 1.29 is 4.79 Å². The summed E-state index contributed by atoms with van der Waals surface area (Å²) in [4.78, 5) is 10.2. The average molecular weight is 134 g/mol. The molecule has 0 aromatic heterocycles. The number of rotatable bonds is 1. The topological polar surface area (TPSA) is 37.8 Å². The number of aromatic amines is 1. The molecule has 3 heteroatoms. The molecule has 0 atom stereocenters. The molecule has 0 aromatic rings. The molecular formula is C7H6N2O. The first kappa shape index (κ1) is 5.29. The van der Waals surface area contributed by atoms with Crippen LogP contribution in [0.3, 0.4) is 0 Å². The van der Waals surface area contributed by atoms with E-state index in [1.54, 1.807) is 6.20 Å². The van der Waals surface area contributed by atoms with Crippen molar-refractivity contribution in [2.24, 2.45) is 0 Å². The van der Waals surface area contributed by atoms with Crippen molar-refractivity contribution in [3.8, 4) is 11.3 Å². The van der Waals surface area contributed by atoms with Crippen molar-refractivity contribution in [1.82, 2.24) is 9.78 Å². The third kappa shape index (κ3) is 0.572. The van der Waals surface area contributed by atoms with Gasteiger partial charge in [-0.1, -0.05) is 12.1 Å². The van der Waals surface area contributed by atoms with E-state index >= 15 is 0 Å². The third-order valence-electron chi connectivity index (χ3n) is 1.49. The predicted octanol–water partition coefficient (Wildman–Crippen LogP) is 0.959. The minimum atomic E-state index is 0.736. The molecule has 0 spiro atoms. The second kappa shape index (κ2) is 1.73. The molecule has 2 rings (SSSR count). The van der Waals surface area contributed by atoms with E-state index in [2.05, 4.69) is 5.10 Å². The van der Waals surface area contributed by atoms with Crippen LogP contribution in [-0.4, -0.2) is 16.2 Å². The van der Waals surface area contributed by atoms with E-state index < -0.39 is 0 Å². The summed E-state index contributed by atoms with van der Waals surface area (Å²) < 4.78 is 1.39. The lowest BCUT2D eigenvalue weighted by atomic mass is 10.3. The lowest BCUT2D eigenvalue weighted by Crippen LogP contribution is -1.92. The molecular weight excluding hydrogens is 128 g/mol. The highest BCUT2D eigenvalue weighted by Crippen LogP contribution is 2.18. The monoisotopic (exact) mass is 134 g/mol. The van der Waals surface area contributed by atoms with Gasteiger partial charge in [0.25, 0.3) is 0 Å². The van der Waals surface area contributed by atoms with Crippen LogP contribution in [0, 0.1) is 0 Å². The van der Waals surface area contributed by atoms with E-state index in [0.717, 1.165) is 17.7 Å². The van der Waals surface area contributed by atoms with Gasteiger partial charge in [0.2, 0.25) is 6.41 Å². The van der Waals surface area contributed by atoms with Gasteiger partial charge >= 0.3 is 0 Å². The quantitative estimate of drug-likeness (QED) is 0.579. The smallest absolute Gasteiger partial charge is 0.232 e. The van der Waals surface area contributed by atoms with Gasteiger partial charge in [-0.15, -0.1) is 0 Å². The number of fused-ring (bicyclic) bond motifs is 1. The Bertz CT molecular complexity index is 295. The summed E-state index contributed by atoms with van der Waals surface area (Å²) in [6, 6.07) is 5.82. The highest BCUT2D eigenvalue weighted by molar-refractivity contribution is 5.65. The molecule has 1 aliphatic carbocycles. The fourth-order valence-corrected chi connectivity index (χ4v) is 1.03.